The van der Waals surface area contributed by atoms with E-state index in [0.717, 1.165) is 18.2 Å². The zero-order valence-electron chi connectivity index (χ0n) is 13.2. The second kappa shape index (κ2) is 9.61. The van der Waals surface area contributed by atoms with Gasteiger partial charge in [-0.1, -0.05) is 26.7 Å². The Morgan fingerprint density at radius 1 is 1.43 bits per heavy atom. The predicted octanol–water partition coefficient (Wildman–Crippen LogP) is 3.88. The van der Waals surface area contributed by atoms with Crippen molar-refractivity contribution in [3.05, 3.63) is 16.1 Å². The van der Waals surface area contributed by atoms with Gasteiger partial charge in [-0.05, 0) is 19.8 Å². The normalized spacial score (nSPS) is 16.1. The Morgan fingerprint density at radius 3 is 2.71 bits per heavy atom. The molecule has 1 heterocycles. The standard InChI is InChI=1S/C15H26N4S.HI/c1-4-16-15(19-12-7-5-6-8-12)17-9-13-10-20-14(18-13)11(2)3;/h10-12H,4-9H2,1-3H3,(H2,16,17,19);1H. The molecule has 6 heteroatoms. The van der Waals surface area contributed by atoms with Gasteiger partial charge in [-0.3, -0.25) is 0 Å². The van der Waals surface area contributed by atoms with Gasteiger partial charge in [-0.25, -0.2) is 9.98 Å². The number of thiazole rings is 1. The van der Waals surface area contributed by atoms with E-state index in [1.54, 1.807) is 11.3 Å². The maximum absolute atomic E-state index is 4.66. The second-order valence-electron chi connectivity index (χ2n) is 5.65. The number of hydrogen-bond donors (Lipinski definition) is 2. The first-order valence-electron chi connectivity index (χ1n) is 7.68. The van der Waals surface area contributed by atoms with E-state index in [4.69, 9.17) is 0 Å². The van der Waals surface area contributed by atoms with Gasteiger partial charge in [0.25, 0.3) is 0 Å². The zero-order valence-corrected chi connectivity index (χ0v) is 16.3. The lowest BCUT2D eigenvalue weighted by atomic mass is 10.2. The number of nitrogens with one attached hydrogen (secondary N) is 2. The first kappa shape index (κ1) is 18.7. The highest BCUT2D eigenvalue weighted by Crippen LogP contribution is 2.20. The second-order valence-corrected chi connectivity index (χ2v) is 6.54. The minimum atomic E-state index is 0. The summed E-state index contributed by atoms with van der Waals surface area (Å²) in [7, 11) is 0. The van der Waals surface area contributed by atoms with Crippen LogP contribution in [0.15, 0.2) is 10.4 Å². The Kier molecular flexibility index (Phi) is 8.55. The lowest BCUT2D eigenvalue weighted by Crippen LogP contribution is -2.42. The summed E-state index contributed by atoms with van der Waals surface area (Å²) in [5.41, 5.74) is 1.07. The Hall–Kier alpha value is -0.370. The van der Waals surface area contributed by atoms with E-state index in [0.29, 0.717) is 18.5 Å². The molecule has 1 aliphatic rings. The van der Waals surface area contributed by atoms with Crippen molar-refractivity contribution in [2.24, 2.45) is 4.99 Å². The molecule has 2 rings (SSSR count). The van der Waals surface area contributed by atoms with Crippen molar-refractivity contribution in [1.29, 1.82) is 0 Å². The van der Waals surface area contributed by atoms with E-state index < -0.39 is 0 Å². The number of rotatable bonds is 5. The average Bonchev–Trinajstić information content (AvgIpc) is 3.07. The molecule has 0 radical (unpaired) electrons. The van der Waals surface area contributed by atoms with Crippen LogP contribution in [0.2, 0.25) is 0 Å². The molecule has 1 aromatic heterocycles. The van der Waals surface area contributed by atoms with E-state index in [2.05, 4.69) is 46.8 Å². The van der Waals surface area contributed by atoms with Crippen LogP contribution in [0.1, 0.15) is 63.1 Å². The summed E-state index contributed by atoms with van der Waals surface area (Å²) in [5.74, 6) is 1.43. The van der Waals surface area contributed by atoms with Crippen LogP contribution in [0.25, 0.3) is 0 Å². The Bertz CT molecular complexity index is 439. The average molecular weight is 422 g/mol. The van der Waals surface area contributed by atoms with Crippen LogP contribution < -0.4 is 10.6 Å². The topological polar surface area (TPSA) is 49.3 Å². The van der Waals surface area contributed by atoms with Crippen LogP contribution in [0.5, 0.6) is 0 Å². The molecule has 1 aliphatic carbocycles. The van der Waals surface area contributed by atoms with Crippen LogP contribution >= 0.6 is 35.3 Å². The maximum atomic E-state index is 4.66. The molecule has 1 aromatic rings. The SMILES string of the molecule is CCNC(=NCc1csc(C(C)C)n1)NC1CCCC1.I. The summed E-state index contributed by atoms with van der Waals surface area (Å²) >= 11 is 1.73. The molecule has 0 saturated heterocycles. The van der Waals surface area contributed by atoms with Gasteiger partial charge in [0.15, 0.2) is 5.96 Å². The summed E-state index contributed by atoms with van der Waals surface area (Å²) in [5, 5.41) is 10.2. The third-order valence-corrected chi connectivity index (χ3v) is 4.70. The quantitative estimate of drug-likeness (QED) is 0.430. The minimum Gasteiger partial charge on any atom is -0.357 e. The lowest BCUT2D eigenvalue weighted by molar-refractivity contribution is 0.613. The molecule has 0 spiro atoms. The molecule has 1 saturated carbocycles. The van der Waals surface area contributed by atoms with Gasteiger partial charge in [0.1, 0.15) is 0 Å². The van der Waals surface area contributed by atoms with Crippen molar-refractivity contribution in [2.45, 2.75) is 65.0 Å². The molecule has 0 aliphatic heterocycles. The highest BCUT2D eigenvalue weighted by Gasteiger charge is 2.15. The molecule has 0 unspecified atom stereocenters. The fourth-order valence-corrected chi connectivity index (χ4v) is 3.23. The van der Waals surface area contributed by atoms with Crippen LogP contribution in [-0.2, 0) is 6.54 Å². The molecule has 120 valence electrons. The molecule has 1 fully saturated rings. The molecule has 0 atom stereocenters. The first-order chi connectivity index (χ1) is 9.69. The van der Waals surface area contributed by atoms with Crippen molar-refractivity contribution in [3.63, 3.8) is 0 Å². The highest BCUT2D eigenvalue weighted by molar-refractivity contribution is 14.0. The van der Waals surface area contributed by atoms with E-state index in [1.165, 1.54) is 30.7 Å². The lowest BCUT2D eigenvalue weighted by Gasteiger charge is -2.16. The van der Waals surface area contributed by atoms with Crippen LogP contribution in [0.3, 0.4) is 0 Å². The number of nitrogens with zero attached hydrogens (tertiary/aromatic N) is 2. The Balaban J connectivity index is 0.00000220. The first-order valence-corrected chi connectivity index (χ1v) is 8.56. The summed E-state index contributed by atoms with van der Waals surface area (Å²) < 4.78 is 0. The Morgan fingerprint density at radius 2 is 2.14 bits per heavy atom. The van der Waals surface area contributed by atoms with Crippen LogP contribution in [0, 0.1) is 0 Å². The summed E-state index contributed by atoms with van der Waals surface area (Å²) in [4.78, 5) is 9.29. The molecule has 0 bridgehead atoms. The molecular weight excluding hydrogens is 395 g/mol. The predicted molar refractivity (Wildman–Crippen MR) is 102 cm³/mol. The van der Waals surface area contributed by atoms with Crippen molar-refractivity contribution < 1.29 is 0 Å². The fourth-order valence-electron chi connectivity index (χ4n) is 2.40. The van der Waals surface area contributed by atoms with Gasteiger partial charge >= 0.3 is 0 Å². The fraction of sp³-hybridized carbons (Fsp3) is 0.733. The number of guanidine groups is 1. The number of aliphatic imine (C=N–C) groups is 1. The van der Waals surface area contributed by atoms with Crippen molar-refractivity contribution >= 4 is 41.3 Å². The van der Waals surface area contributed by atoms with Gasteiger partial charge in [0.2, 0.25) is 0 Å². The zero-order chi connectivity index (χ0) is 14.4. The highest BCUT2D eigenvalue weighted by atomic mass is 127. The number of aromatic nitrogens is 1. The molecule has 0 amide bonds. The minimum absolute atomic E-state index is 0. The Labute approximate surface area is 149 Å². The third-order valence-electron chi connectivity index (χ3n) is 3.50. The van der Waals surface area contributed by atoms with Crippen LogP contribution in [-0.4, -0.2) is 23.5 Å². The molecular formula is C15H27IN4S. The van der Waals surface area contributed by atoms with E-state index >= 15 is 0 Å². The van der Waals surface area contributed by atoms with Crippen molar-refractivity contribution in [1.82, 2.24) is 15.6 Å². The van der Waals surface area contributed by atoms with Gasteiger partial charge in [0.05, 0.1) is 17.2 Å². The van der Waals surface area contributed by atoms with Gasteiger partial charge in [0, 0.05) is 23.9 Å². The van der Waals surface area contributed by atoms with Gasteiger partial charge < -0.3 is 10.6 Å². The van der Waals surface area contributed by atoms with Crippen molar-refractivity contribution in [3.8, 4) is 0 Å². The molecule has 21 heavy (non-hydrogen) atoms. The summed E-state index contributed by atoms with van der Waals surface area (Å²) in [6, 6.07) is 0.592. The largest absolute Gasteiger partial charge is 0.357 e. The summed E-state index contributed by atoms with van der Waals surface area (Å²) in [6.45, 7) is 8.01. The van der Waals surface area contributed by atoms with E-state index in [1.807, 2.05) is 0 Å². The smallest absolute Gasteiger partial charge is 0.191 e. The molecule has 0 aromatic carbocycles. The maximum Gasteiger partial charge on any atom is 0.191 e. The number of hydrogen-bond acceptors (Lipinski definition) is 3. The van der Waals surface area contributed by atoms with E-state index in [9.17, 15) is 0 Å². The van der Waals surface area contributed by atoms with E-state index in [-0.39, 0.29) is 24.0 Å². The third kappa shape index (κ3) is 6.10. The monoisotopic (exact) mass is 422 g/mol. The summed E-state index contributed by atoms with van der Waals surface area (Å²) in [6.07, 6.45) is 5.19. The van der Waals surface area contributed by atoms with Crippen molar-refractivity contribution in [2.75, 3.05) is 6.54 Å². The molecule has 4 nitrogen and oxygen atoms in total. The van der Waals surface area contributed by atoms with Gasteiger partial charge in [-0.15, -0.1) is 35.3 Å². The van der Waals surface area contributed by atoms with Gasteiger partial charge in [-0.2, -0.15) is 0 Å². The number of halogens is 1. The molecule has 2 N–H and O–H groups in total. The van der Waals surface area contributed by atoms with Crippen LogP contribution in [0.4, 0.5) is 0 Å².